The van der Waals surface area contributed by atoms with Crippen molar-refractivity contribution in [1.29, 1.82) is 0 Å². The van der Waals surface area contributed by atoms with E-state index in [1.54, 1.807) is 13.3 Å². The minimum atomic E-state index is 0.103. The monoisotopic (exact) mass is 427 g/mol. The second kappa shape index (κ2) is 9.62. The number of carbonyl (C=O) groups is 1. The lowest BCUT2D eigenvalue weighted by Gasteiger charge is -2.43. The van der Waals surface area contributed by atoms with Crippen molar-refractivity contribution in [3.05, 3.63) is 36.5 Å². The highest BCUT2D eigenvalue weighted by atomic mass is 16.5. The number of methoxy groups -OCH3 is 1. The third kappa shape index (κ3) is 5.14. The Morgan fingerprint density at radius 3 is 2.74 bits per heavy atom. The largest absolute Gasteiger partial charge is 0.493 e. The second-order valence-corrected chi connectivity index (χ2v) is 8.97. The fourth-order valence-corrected chi connectivity index (χ4v) is 4.37. The molecule has 1 aliphatic carbocycles. The standard InChI is InChI=1S/C24H33N3O4/c1-17(2)11-19-15-26(9-10-27(19)24(28)13-21-14-25-16-30-21)18-7-8-22(29-3)23(12-18)31-20-5-4-6-20/h7-8,12,14,16-17,19-20H,4-6,9-11,13,15H2,1-3H3/t19-/m0/s1. The van der Waals surface area contributed by atoms with E-state index in [4.69, 9.17) is 13.9 Å². The van der Waals surface area contributed by atoms with Crippen LogP contribution in [0.4, 0.5) is 5.69 Å². The minimum Gasteiger partial charge on any atom is -0.493 e. The molecule has 2 aromatic rings. The number of amides is 1. The molecule has 0 radical (unpaired) electrons. The smallest absolute Gasteiger partial charge is 0.230 e. The van der Waals surface area contributed by atoms with Gasteiger partial charge >= 0.3 is 0 Å². The number of rotatable bonds is 8. The van der Waals surface area contributed by atoms with Crippen LogP contribution in [0.5, 0.6) is 11.5 Å². The van der Waals surface area contributed by atoms with Crippen molar-refractivity contribution in [2.24, 2.45) is 5.92 Å². The summed E-state index contributed by atoms with van der Waals surface area (Å²) in [6, 6.07) is 6.32. The quantitative estimate of drug-likeness (QED) is 0.636. The second-order valence-electron chi connectivity index (χ2n) is 8.97. The molecule has 0 unspecified atom stereocenters. The molecule has 1 saturated carbocycles. The van der Waals surface area contributed by atoms with Gasteiger partial charge in [0.15, 0.2) is 17.9 Å². The molecule has 0 N–H and O–H groups in total. The van der Waals surface area contributed by atoms with E-state index in [0.29, 0.717) is 24.3 Å². The molecule has 2 fully saturated rings. The predicted molar refractivity (Wildman–Crippen MR) is 119 cm³/mol. The van der Waals surface area contributed by atoms with Crippen LogP contribution in [-0.4, -0.2) is 54.7 Å². The van der Waals surface area contributed by atoms with Crippen LogP contribution in [0.3, 0.4) is 0 Å². The molecule has 7 heteroatoms. The van der Waals surface area contributed by atoms with Crippen LogP contribution in [0.15, 0.2) is 35.2 Å². The SMILES string of the molecule is COc1ccc(N2CCN(C(=O)Cc3cnco3)[C@@H](CC(C)C)C2)cc1OC1CCC1. The summed E-state index contributed by atoms with van der Waals surface area (Å²) in [5.74, 6) is 2.80. The Morgan fingerprint density at radius 1 is 1.26 bits per heavy atom. The summed E-state index contributed by atoms with van der Waals surface area (Å²) >= 11 is 0. The normalized spacial score (nSPS) is 19.4. The maximum atomic E-state index is 13.0. The molecular formula is C24H33N3O4. The lowest BCUT2D eigenvalue weighted by molar-refractivity contribution is -0.133. The zero-order chi connectivity index (χ0) is 21.8. The van der Waals surface area contributed by atoms with Crippen molar-refractivity contribution in [3.63, 3.8) is 0 Å². The molecule has 1 aliphatic heterocycles. The Balaban J connectivity index is 1.48. The van der Waals surface area contributed by atoms with Crippen molar-refractivity contribution in [2.75, 3.05) is 31.6 Å². The van der Waals surface area contributed by atoms with Crippen LogP contribution in [0.2, 0.25) is 0 Å². The van der Waals surface area contributed by atoms with Gasteiger partial charge in [0.25, 0.3) is 0 Å². The van der Waals surface area contributed by atoms with Crippen molar-refractivity contribution in [2.45, 2.75) is 58.1 Å². The first-order valence-electron chi connectivity index (χ1n) is 11.3. The van der Waals surface area contributed by atoms with Gasteiger partial charge < -0.3 is 23.7 Å². The van der Waals surface area contributed by atoms with E-state index >= 15 is 0 Å². The van der Waals surface area contributed by atoms with Gasteiger partial charge in [0.2, 0.25) is 5.91 Å². The Bertz CT molecular complexity index is 864. The summed E-state index contributed by atoms with van der Waals surface area (Å²) in [6.45, 7) is 6.68. The van der Waals surface area contributed by atoms with E-state index in [1.165, 1.54) is 12.8 Å². The number of anilines is 1. The van der Waals surface area contributed by atoms with Gasteiger partial charge in [-0.3, -0.25) is 4.79 Å². The molecule has 7 nitrogen and oxygen atoms in total. The zero-order valence-electron chi connectivity index (χ0n) is 18.8. The molecule has 1 saturated heterocycles. The number of aromatic nitrogens is 1. The number of ether oxygens (including phenoxy) is 2. The van der Waals surface area contributed by atoms with Crippen LogP contribution < -0.4 is 14.4 Å². The summed E-state index contributed by atoms with van der Waals surface area (Å²) in [5.41, 5.74) is 1.12. The first-order valence-corrected chi connectivity index (χ1v) is 11.3. The van der Waals surface area contributed by atoms with Gasteiger partial charge in [-0.05, 0) is 43.7 Å². The summed E-state index contributed by atoms with van der Waals surface area (Å²) < 4.78 is 17.0. The first-order chi connectivity index (χ1) is 15.0. The average molecular weight is 428 g/mol. The molecule has 1 aromatic heterocycles. The molecule has 31 heavy (non-hydrogen) atoms. The van der Waals surface area contributed by atoms with Gasteiger partial charge in [-0.1, -0.05) is 13.8 Å². The van der Waals surface area contributed by atoms with E-state index in [9.17, 15) is 4.79 Å². The molecule has 0 spiro atoms. The van der Waals surface area contributed by atoms with Gasteiger partial charge in [-0.2, -0.15) is 0 Å². The summed E-state index contributed by atoms with van der Waals surface area (Å²) in [4.78, 5) is 21.3. The van der Waals surface area contributed by atoms with E-state index < -0.39 is 0 Å². The number of oxazole rings is 1. The number of hydrogen-bond acceptors (Lipinski definition) is 6. The van der Waals surface area contributed by atoms with Crippen LogP contribution in [0.1, 0.15) is 45.3 Å². The highest BCUT2D eigenvalue weighted by Crippen LogP contribution is 2.36. The van der Waals surface area contributed by atoms with Crippen molar-refractivity contribution < 1.29 is 18.7 Å². The Hall–Kier alpha value is -2.70. The Kier molecular flexibility index (Phi) is 6.68. The molecular weight excluding hydrogens is 394 g/mol. The number of carbonyl (C=O) groups excluding carboxylic acids is 1. The molecule has 4 rings (SSSR count). The molecule has 2 heterocycles. The van der Waals surface area contributed by atoms with Crippen LogP contribution in [-0.2, 0) is 11.2 Å². The highest BCUT2D eigenvalue weighted by molar-refractivity contribution is 5.79. The number of nitrogens with zero attached hydrogens (tertiary/aromatic N) is 3. The molecule has 168 valence electrons. The van der Waals surface area contributed by atoms with Crippen LogP contribution in [0, 0.1) is 5.92 Å². The first kappa shape index (κ1) is 21.5. The topological polar surface area (TPSA) is 68.0 Å². The third-order valence-electron chi connectivity index (χ3n) is 6.21. The predicted octanol–water partition coefficient (Wildman–Crippen LogP) is 3.92. The van der Waals surface area contributed by atoms with Gasteiger partial charge in [0, 0.05) is 37.4 Å². The summed E-state index contributed by atoms with van der Waals surface area (Å²) in [5, 5.41) is 0. The summed E-state index contributed by atoms with van der Waals surface area (Å²) in [7, 11) is 1.68. The highest BCUT2D eigenvalue weighted by Gasteiger charge is 2.32. The van der Waals surface area contributed by atoms with Crippen molar-refractivity contribution in [3.8, 4) is 11.5 Å². The fraction of sp³-hybridized carbons (Fsp3) is 0.583. The lowest BCUT2D eigenvalue weighted by Crippen LogP contribution is -2.56. The minimum absolute atomic E-state index is 0.103. The van der Waals surface area contributed by atoms with E-state index in [1.807, 2.05) is 11.0 Å². The average Bonchev–Trinajstić information content (AvgIpc) is 3.23. The van der Waals surface area contributed by atoms with Crippen molar-refractivity contribution in [1.82, 2.24) is 9.88 Å². The van der Waals surface area contributed by atoms with Crippen LogP contribution in [0.25, 0.3) is 0 Å². The van der Waals surface area contributed by atoms with Gasteiger partial charge in [0.1, 0.15) is 5.76 Å². The maximum absolute atomic E-state index is 13.0. The van der Waals surface area contributed by atoms with Gasteiger partial charge in [-0.25, -0.2) is 4.98 Å². The van der Waals surface area contributed by atoms with Crippen LogP contribution >= 0.6 is 0 Å². The molecule has 0 bridgehead atoms. The van der Waals surface area contributed by atoms with Gasteiger partial charge in [0.05, 0.1) is 25.8 Å². The van der Waals surface area contributed by atoms with E-state index in [0.717, 1.165) is 49.5 Å². The van der Waals surface area contributed by atoms with E-state index in [2.05, 4.69) is 35.9 Å². The Labute approximate surface area is 184 Å². The number of benzene rings is 1. The third-order valence-corrected chi connectivity index (χ3v) is 6.21. The molecule has 2 aliphatic rings. The lowest BCUT2D eigenvalue weighted by atomic mass is 9.96. The zero-order valence-corrected chi connectivity index (χ0v) is 18.8. The maximum Gasteiger partial charge on any atom is 0.230 e. The summed E-state index contributed by atoms with van der Waals surface area (Å²) in [6.07, 6.45) is 7.95. The molecule has 1 atom stereocenters. The van der Waals surface area contributed by atoms with E-state index in [-0.39, 0.29) is 18.4 Å². The van der Waals surface area contributed by atoms with Crippen molar-refractivity contribution >= 4 is 11.6 Å². The number of hydrogen-bond donors (Lipinski definition) is 0. The molecule has 1 aromatic carbocycles. The fourth-order valence-electron chi connectivity index (χ4n) is 4.37. The molecule has 1 amide bonds. The van der Waals surface area contributed by atoms with Gasteiger partial charge in [-0.15, -0.1) is 0 Å². The number of piperazine rings is 1. The Morgan fingerprint density at radius 2 is 2.10 bits per heavy atom.